The van der Waals surface area contributed by atoms with Crippen molar-refractivity contribution in [1.29, 1.82) is 0 Å². The summed E-state index contributed by atoms with van der Waals surface area (Å²) in [5, 5.41) is 12.1. The molecule has 3 nitrogen and oxygen atoms in total. The highest BCUT2D eigenvalue weighted by Gasteiger charge is 2.20. The molecule has 0 fully saturated rings. The van der Waals surface area contributed by atoms with Crippen molar-refractivity contribution < 1.29 is 9.90 Å². The highest BCUT2D eigenvalue weighted by atomic mass is 16.4. The molecule has 0 heterocycles. The Labute approximate surface area is 118 Å². The number of carboxylic acid groups (broad SMARTS) is 1. The second-order valence-corrected chi connectivity index (χ2v) is 5.19. The molecule has 0 saturated carbocycles. The fourth-order valence-electron chi connectivity index (χ4n) is 2.94. The molecule has 0 saturated heterocycles. The van der Waals surface area contributed by atoms with Gasteiger partial charge in [0, 0.05) is 6.04 Å². The predicted octanol–water partition coefficient (Wildman–Crippen LogP) is 2.99. The lowest BCUT2D eigenvalue weighted by Crippen LogP contribution is -2.19. The van der Waals surface area contributed by atoms with Crippen molar-refractivity contribution in [2.45, 2.75) is 18.9 Å². The normalized spacial score (nSPS) is 13.7. The van der Waals surface area contributed by atoms with E-state index < -0.39 is 5.97 Å². The Hall–Kier alpha value is -2.13. The third-order valence-corrected chi connectivity index (χ3v) is 3.95. The van der Waals surface area contributed by atoms with Crippen LogP contribution >= 0.6 is 0 Å². The van der Waals surface area contributed by atoms with Crippen LogP contribution in [0.1, 0.15) is 29.2 Å². The SMILES string of the molecule is CNC(CC(=O)O)c1ccc2c(c1)Cc1ccccc1-2. The van der Waals surface area contributed by atoms with Crippen molar-refractivity contribution in [3.05, 3.63) is 59.2 Å². The van der Waals surface area contributed by atoms with Crippen LogP contribution in [0.5, 0.6) is 0 Å². The van der Waals surface area contributed by atoms with Crippen LogP contribution in [-0.2, 0) is 11.2 Å². The lowest BCUT2D eigenvalue weighted by atomic mass is 9.98. The highest BCUT2D eigenvalue weighted by molar-refractivity contribution is 5.77. The first kappa shape index (κ1) is 12.9. The molecule has 0 amide bonds. The Morgan fingerprint density at radius 3 is 2.70 bits per heavy atom. The van der Waals surface area contributed by atoms with Gasteiger partial charge >= 0.3 is 5.97 Å². The monoisotopic (exact) mass is 267 g/mol. The van der Waals surface area contributed by atoms with Gasteiger partial charge in [-0.2, -0.15) is 0 Å². The van der Waals surface area contributed by atoms with Gasteiger partial charge in [-0.05, 0) is 41.3 Å². The molecule has 3 heteroatoms. The van der Waals surface area contributed by atoms with Crippen molar-refractivity contribution in [3.63, 3.8) is 0 Å². The van der Waals surface area contributed by atoms with Crippen LogP contribution in [-0.4, -0.2) is 18.1 Å². The Kier molecular flexibility index (Phi) is 3.28. The van der Waals surface area contributed by atoms with E-state index >= 15 is 0 Å². The molecule has 0 spiro atoms. The number of fused-ring (bicyclic) bond motifs is 3. The summed E-state index contributed by atoms with van der Waals surface area (Å²) < 4.78 is 0. The zero-order valence-electron chi connectivity index (χ0n) is 11.4. The van der Waals surface area contributed by atoms with E-state index in [0.717, 1.165) is 12.0 Å². The first-order valence-corrected chi connectivity index (χ1v) is 6.79. The fraction of sp³-hybridized carbons (Fsp3) is 0.235. The molecule has 0 bridgehead atoms. The maximum atomic E-state index is 10.9. The second-order valence-electron chi connectivity index (χ2n) is 5.19. The standard InChI is InChI=1S/C17H17NO2/c1-18-16(10-17(19)20)12-6-7-15-13(9-12)8-11-4-2-3-5-14(11)15/h2-7,9,16,18H,8,10H2,1H3,(H,19,20). The van der Waals surface area contributed by atoms with Gasteiger partial charge in [0.05, 0.1) is 6.42 Å². The molecule has 0 aliphatic heterocycles. The Bertz CT molecular complexity index is 664. The second kappa shape index (κ2) is 5.10. The molecular weight excluding hydrogens is 250 g/mol. The Morgan fingerprint density at radius 1 is 1.20 bits per heavy atom. The zero-order valence-corrected chi connectivity index (χ0v) is 11.4. The average Bonchev–Trinajstić information content (AvgIpc) is 2.82. The number of nitrogens with one attached hydrogen (secondary N) is 1. The number of aliphatic carboxylic acids is 1. The molecule has 1 aliphatic carbocycles. The number of hydrogen-bond donors (Lipinski definition) is 2. The molecule has 2 aromatic carbocycles. The average molecular weight is 267 g/mol. The minimum atomic E-state index is -0.784. The largest absolute Gasteiger partial charge is 0.481 e. The zero-order chi connectivity index (χ0) is 14.1. The van der Waals surface area contributed by atoms with Gasteiger partial charge in [-0.15, -0.1) is 0 Å². The number of hydrogen-bond acceptors (Lipinski definition) is 2. The maximum absolute atomic E-state index is 10.9. The van der Waals surface area contributed by atoms with Gasteiger partial charge in [0.25, 0.3) is 0 Å². The maximum Gasteiger partial charge on any atom is 0.305 e. The molecule has 2 aromatic rings. The molecule has 102 valence electrons. The van der Waals surface area contributed by atoms with Crippen molar-refractivity contribution in [2.75, 3.05) is 7.05 Å². The van der Waals surface area contributed by atoms with Crippen LogP contribution in [0.25, 0.3) is 11.1 Å². The Morgan fingerprint density at radius 2 is 1.95 bits per heavy atom. The molecular formula is C17H17NO2. The van der Waals surface area contributed by atoms with E-state index in [9.17, 15) is 4.79 Å². The summed E-state index contributed by atoms with van der Waals surface area (Å²) in [6, 6.07) is 14.6. The summed E-state index contributed by atoms with van der Waals surface area (Å²) in [5.41, 5.74) is 6.25. The summed E-state index contributed by atoms with van der Waals surface area (Å²) in [4.78, 5) is 10.9. The van der Waals surface area contributed by atoms with E-state index in [0.29, 0.717) is 0 Å². The predicted molar refractivity (Wildman–Crippen MR) is 78.7 cm³/mol. The summed E-state index contributed by atoms with van der Waals surface area (Å²) in [5.74, 6) is -0.784. The van der Waals surface area contributed by atoms with E-state index in [1.165, 1.54) is 22.3 Å². The van der Waals surface area contributed by atoms with E-state index in [-0.39, 0.29) is 12.5 Å². The summed E-state index contributed by atoms with van der Waals surface area (Å²) in [6.45, 7) is 0. The van der Waals surface area contributed by atoms with E-state index in [2.05, 4.69) is 41.7 Å². The van der Waals surface area contributed by atoms with Crippen LogP contribution in [0.2, 0.25) is 0 Å². The van der Waals surface area contributed by atoms with Gasteiger partial charge in [0.2, 0.25) is 0 Å². The van der Waals surface area contributed by atoms with E-state index in [1.54, 1.807) is 7.05 Å². The molecule has 20 heavy (non-hydrogen) atoms. The van der Waals surface area contributed by atoms with Gasteiger partial charge in [-0.25, -0.2) is 0 Å². The van der Waals surface area contributed by atoms with Crippen molar-refractivity contribution >= 4 is 5.97 Å². The lowest BCUT2D eigenvalue weighted by molar-refractivity contribution is -0.137. The first-order valence-electron chi connectivity index (χ1n) is 6.79. The van der Waals surface area contributed by atoms with Crippen LogP contribution in [0.15, 0.2) is 42.5 Å². The van der Waals surface area contributed by atoms with E-state index in [1.807, 2.05) is 6.07 Å². The molecule has 1 aliphatic rings. The number of rotatable bonds is 4. The van der Waals surface area contributed by atoms with E-state index in [4.69, 9.17) is 5.11 Å². The van der Waals surface area contributed by atoms with Crippen LogP contribution in [0, 0.1) is 0 Å². The minimum Gasteiger partial charge on any atom is -0.481 e. The summed E-state index contributed by atoms with van der Waals surface area (Å²) in [6.07, 6.45) is 1.03. The molecule has 0 aromatic heterocycles. The van der Waals surface area contributed by atoms with Crippen LogP contribution in [0.3, 0.4) is 0 Å². The molecule has 2 N–H and O–H groups in total. The van der Waals surface area contributed by atoms with Gasteiger partial charge in [-0.1, -0.05) is 42.5 Å². The number of carboxylic acids is 1. The third-order valence-electron chi connectivity index (χ3n) is 3.95. The van der Waals surface area contributed by atoms with Crippen LogP contribution in [0.4, 0.5) is 0 Å². The first-order chi connectivity index (χ1) is 9.69. The number of carbonyl (C=O) groups is 1. The topological polar surface area (TPSA) is 49.3 Å². The third kappa shape index (κ3) is 2.21. The summed E-state index contributed by atoms with van der Waals surface area (Å²) >= 11 is 0. The molecule has 1 unspecified atom stereocenters. The smallest absolute Gasteiger partial charge is 0.305 e. The van der Waals surface area contributed by atoms with Gasteiger partial charge in [0.15, 0.2) is 0 Å². The van der Waals surface area contributed by atoms with Gasteiger partial charge in [0.1, 0.15) is 0 Å². The summed E-state index contributed by atoms with van der Waals surface area (Å²) in [7, 11) is 1.80. The number of benzene rings is 2. The van der Waals surface area contributed by atoms with Crippen molar-refractivity contribution in [1.82, 2.24) is 5.32 Å². The lowest BCUT2D eigenvalue weighted by Gasteiger charge is -2.15. The molecule has 1 atom stereocenters. The van der Waals surface area contributed by atoms with Crippen molar-refractivity contribution in [2.24, 2.45) is 0 Å². The van der Waals surface area contributed by atoms with Crippen LogP contribution < -0.4 is 5.32 Å². The fourth-order valence-corrected chi connectivity index (χ4v) is 2.94. The Balaban J connectivity index is 1.96. The van der Waals surface area contributed by atoms with Crippen molar-refractivity contribution in [3.8, 4) is 11.1 Å². The van der Waals surface area contributed by atoms with Gasteiger partial charge in [-0.3, -0.25) is 4.79 Å². The minimum absolute atomic E-state index is 0.0994. The van der Waals surface area contributed by atoms with Gasteiger partial charge < -0.3 is 10.4 Å². The molecule has 0 radical (unpaired) electrons. The quantitative estimate of drug-likeness (QED) is 0.764. The molecule has 3 rings (SSSR count). The highest BCUT2D eigenvalue weighted by Crippen LogP contribution is 2.37.